The summed E-state index contributed by atoms with van der Waals surface area (Å²) < 4.78 is 18.9. The Kier molecular flexibility index (Phi) is 17.9. The SMILES string of the molecule is Brc1ccc2c3ccc4c5ccccc5oc4c3n(-c3ccccc3)c2c1.[PH2-].c1ccc(-c2ccc(N(c3ccc4c5ccc6c7ccccc7oc6c5n(-c5ccccc5)c4c3)c3cccc4c3-c3ccccc3C43c4ccccc4-c4ccccc43)cc2)cc1.c1ccc(-c2ccc(Nc3cccc4c3-c3ccccc3C43c4ccccc4-c4ccccc43)cc2)cc1. The molecule has 0 saturated carbocycles. The Labute approximate surface area is 763 Å². The van der Waals surface area contributed by atoms with E-state index in [0.29, 0.717) is 0 Å². The topological polar surface area (TPSA) is 51.4 Å². The first-order valence-corrected chi connectivity index (χ1v) is 45.0. The van der Waals surface area contributed by atoms with Gasteiger partial charge in [0, 0.05) is 92.8 Å². The van der Waals surface area contributed by atoms with Crippen LogP contribution in [-0.4, -0.2) is 9.13 Å². The molecule has 4 aliphatic rings. The van der Waals surface area contributed by atoms with E-state index in [9.17, 15) is 0 Å². The summed E-state index contributed by atoms with van der Waals surface area (Å²) >= 11 is 3.64. The van der Waals surface area contributed by atoms with Gasteiger partial charge in [0.25, 0.3) is 0 Å². The van der Waals surface area contributed by atoms with E-state index in [1.165, 1.54) is 133 Å². The maximum absolute atomic E-state index is 6.77. The maximum Gasteiger partial charge on any atom is 0.160 e. The first-order chi connectivity index (χ1) is 63.9. The van der Waals surface area contributed by atoms with E-state index in [-0.39, 0.29) is 15.3 Å². The lowest BCUT2D eigenvalue weighted by Crippen LogP contribution is -2.26. The van der Waals surface area contributed by atoms with E-state index >= 15 is 0 Å². The number of hydrogen-bond acceptors (Lipinski definition) is 4. The van der Waals surface area contributed by atoms with Crippen LogP contribution in [0.3, 0.4) is 0 Å². The average molecular weight is 1740 g/mol. The molecule has 130 heavy (non-hydrogen) atoms. The number of hydrogen-bond donors (Lipinski definition) is 1. The van der Waals surface area contributed by atoms with Crippen molar-refractivity contribution in [3.05, 3.63) is 510 Å². The molecule has 4 heterocycles. The minimum Gasteiger partial charge on any atom is -0.577 e. The van der Waals surface area contributed by atoms with Crippen molar-refractivity contribution in [2.75, 3.05) is 10.2 Å². The van der Waals surface area contributed by atoms with Gasteiger partial charge in [-0.3, -0.25) is 0 Å². The Morgan fingerprint density at radius 1 is 0.254 bits per heavy atom. The third-order valence-electron chi connectivity index (χ3n) is 27.5. The van der Waals surface area contributed by atoms with E-state index < -0.39 is 5.41 Å². The molecule has 0 bridgehead atoms. The summed E-state index contributed by atoms with van der Waals surface area (Å²) in [7, 11) is 0. The van der Waals surface area contributed by atoms with Gasteiger partial charge >= 0.3 is 0 Å². The van der Waals surface area contributed by atoms with Crippen molar-refractivity contribution in [1.29, 1.82) is 0 Å². The lowest BCUT2D eigenvalue weighted by molar-refractivity contribution is 0.670. The number of rotatable bonds is 9. The van der Waals surface area contributed by atoms with Crippen LogP contribution in [0.2, 0.25) is 0 Å². The molecule has 0 unspecified atom stereocenters. The molecular formula is C122H79BrN4O2P-. The Hall–Kier alpha value is -15.9. The van der Waals surface area contributed by atoms with Gasteiger partial charge < -0.3 is 38.1 Å². The number of nitrogens with zero attached hydrogens (tertiary/aromatic N) is 3. The molecule has 2 spiro atoms. The molecular weight excluding hydrogens is 1660 g/mol. The molecule has 0 atom stereocenters. The fourth-order valence-electron chi connectivity index (χ4n) is 22.3. The zero-order valence-corrected chi connectivity index (χ0v) is 73.2. The highest BCUT2D eigenvalue weighted by Crippen LogP contribution is 2.67. The molecule has 1 N–H and O–H groups in total. The first kappa shape index (κ1) is 76.5. The van der Waals surface area contributed by atoms with Crippen LogP contribution in [0.5, 0.6) is 0 Å². The molecule has 28 rings (SSSR count). The summed E-state index contributed by atoms with van der Waals surface area (Å²) in [4.78, 5) is 2.49. The van der Waals surface area contributed by atoms with Gasteiger partial charge in [-0.15, -0.1) is 0 Å². The van der Waals surface area contributed by atoms with E-state index in [2.05, 4.69) is 472 Å². The summed E-state index contributed by atoms with van der Waals surface area (Å²) in [5.74, 6) is 0. The highest BCUT2D eigenvalue weighted by atomic mass is 79.9. The van der Waals surface area contributed by atoms with Gasteiger partial charge in [0.2, 0.25) is 0 Å². The standard InChI is InChI=1S/C61H38N2O.C37H25N.C24H14BrNO.H2P/c1-3-16-39(17-4-1)40-30-32-42(33-31-40)62(55-28-15-27-54-58(55)50-23-9-13-26-53(50)61(54)51-24-11-7-20-44(51)45-21-8-12-25-52(45)61)43-34-35-46-48-36-37-49-47-22-10-14-29-57(47)64-60(49)59(48)63(56(46)38-43)41-18-5-2-6-19-41;1-2-11-25(12-3-1)26-21-23-27(24-22-26)38-35-20-10-19-34-36(35)30-15-6-9-18-33(30)37(34)31-16-7-4-13-28(31)29-14-5-8-17-32(29)37;25-15-10-11-17-19-12-13-20-18-8-4-5-9-22(18)27-24(20)23(19)26(21(17)14-15)16-6-2-1-3-7-16;/h1-38H;1-24,38H;1-14H;1H2/q;;;-1. The van der Waals surface area contributed by atoms with Crippen LogP contribution < -0.4 is 10.2 Å². The molecule has 24 aromatic rings. The van der Waals surface area contributed by atoms with Crippen LogP contribution in [0, 0.1) is 0 Å². The van der Waals surface area contributed by atoms with Gasteiger partial charge in [-0.1, -0.05) is 368 Å². The first-order valence-electron chi connectivity index (χ1n) is 44.2. The molecule has 0 radical (unpaired) electrons. The number of furan rings is 2. The minimum absolute atomic E-state index is 0. The van der Waals surface area contributed by atoms with E-state index in [1.807, 2.05) is 24.3 Å². The normalized spacial score (nSPS) is 12.9. The largest absolute Gasteiger partial charge is 0.577 e. The smallest absolute Gasteiger partial charge is 0.160 e. The zero-order valence-electron chi connectivity index (χ0n) is 70.5. The predicted molar refractivity (Wildman–Crippen MR) is 548 cm³/mol. The summed E-state index contributed by atoms with van der Waals surface area (Å²) in [6.07, 6.45) is 0. The monoisotopic (exact) mass is 1740 g/mol. The molecule has 612 valence electrons. The Morgan fingerprint density at radius 3 is 1.08 bits per heavy atom. The number of benzene rings is 20. The van der Waals surface area contributed by atoms with Crippen LogP contribution in [0.1, 0.15) is 44.5 Å². The minimum atomic E-state index is -0.459. The molecule has 4 aromatic heterocycles. The quantitative estimate of drug-likeness (QED) is 0.146. The summed E-state index contributed by atoms with van der Waals surface area (Å²) in [5, 5.41) is 13.1. The third-order valence-corrected chi connectivity index (χ3v) is 28.0. The number of para-hydroxylation sites is 4. The van der Waals surface area contributed by atoms with Crippen LogP contribution in [0.15, 0.2) is 474 Å². The molecule has 0 amide bonds. The number of fused-ring (bicyclic) bond motifs is 34. The lowest BCUT2D eigenvalue weighted by atomic mass is 9.70. The molecule has 0 fully saturated rings. The van der Waals surface area contributed by atoms with Crippen LogP contribution in [-0.2, 0) is 10.8 Å². The van der Waals surface area contributed by atoms with Gasteiger partial charge in [-0.25, -0.2) is 0 Å². The van der Waals surface area contributed by atoms with Crippen LogP contribution in [0.25, 0.3) is 166 Å². The van der Waals surface area contributed by atoms with Crippen molar-refractivity contribution in [3.8, 4) is 78.1 Å². The van der Waals surface area contributed by atoms with Gasteiger partial charge in [-0.05, 0) is 209 Å². The van der Waals surface area contributed by atoms with Gasteiger partial charge in [0.15, 0.2) is 11.2 Å². The Bertz CT molecular complexity index is 8580. The maximum atomic E-state index is 6.77. The van der Waals surface area contributed by atoms with Crippen LogP contribution in [0.4, 0.5) is 28.4 Å². The summed E-state index contributed by atoms with van der Waals surface area (Å²) in [5.41, 5.74) is 41.0. The summed E-state index contributed by atoms with van der Waals surface area (Å²) in [6.45, 7) is 0. The van der Waals surface area contributed by atoms with E-state index in [4.69, 9.17) is 8.83 Å². The van der Waals surface area contributed by atoms with Crippen molar-refractivity contribution < 1.29 is 8.83 Å². The fraction of sp³-hybridized carbons (Fsp3) is 0.0164. The lowest BCUT2D eigenvalue weighted by Gasteiger charge is -2.32. The molecule has 6 nitrogen and oxygen atoms in total. The van der Waals surface area contributed by atoms with Crippen molar-refractivity contribution in [1.82, 2.24) is 9.13 Å². The number of nitrogens with one attached hydrogen (secondary N) is 1. The second-order valence-corrected chi connectivity index (χ2v) is 35.0. The van der Waals surface area contributed by atoms with Crippen molar-refractivity contribution in [3.63, 3.8) is 0 Å². The van der Waals surface area contributed by atoms with E-state index in [1.54, 1.807) is 0 Å². The predicted octanol–water partition coefficient (Wildman–Crippen LogP) is 33.4. The third kappa shape index (κ3) is 11.4. The number of halogens is 1. The zero-order chi connectivity index (χ0) is 85.0. The molecule has 8 heteroatoms. The van der Waals surface area contributed by atoms with Gasteiger partial charge in [0.05, 0.1) is 38.6 Å². The average Bonchev–Trinajstić information content (AvgIpc) is 1.51. The number of aromatic nitrogens is 2. The molecule has 0 saturated heterocycles. The Balaban J connectivity index is 0.000000116. The van der Waals surface area contributed by atoms with E-state index in [0.717, 1.165) is 110 Å². The van der Waals surface area contributed by atoms with Crippen molar-refractivity contribution in [2.45, 2.75) is 10.8 Å². The molecule has 0 aliphatic heterocycles. The van der Waals surface area contributed by atoms with Crippen molar-refractivity contribution in [2.24, 2.45) is 0 Å². The fourth-order valence-corrected chi connectivity index (χ4v) is 22.6. The van der Waals surface area contributed by atoms with Gasteiger partial charge in [0.1, 0.15) is 11.2 Å². The highest BCUT2D eigenvalue weighted by Gasteiger charge is 2.54. The second kappa shape index (κ2) is 30.4. The molecule has 20 aromatic carbocycles. The molecule has 4 aliphatic carbocycles. The highest BCUT2D eigenvalue weighted by molar-refractivity contribution is 9.10. The van der Waals surface area contributed by atoms with Gasteiger partial charge in [-0.2, -0.15) is 0 Å². The Morgan fingerprint density at radius 2 is 0.600 bits per heavy atom. The number of anilines is 5. The van der Waals surface area contributed by atoms with Crippen molar-refractivity contribution >= 4 is 142 Å². The summed E-state index contributed by atoms with van der Waals surface area (Å²) in [6, 6.07) is 167. The second-order valence-electron chi connectivity index (χ2n) is 34.1. The van der Waals surface area contributed by atoms with Crippen LogP contribution >= 0.6 is 25.8 Å².